The summed E-state index contributed by atoms with van der Waals surface area (Å²) in [7, 11) is 1.48. The van der Waals surface area contributed by atoms with E-state index < -0.39 is 5.97 Å². The highest BCUT2D eigenvalue weighted by Crippen LogP contribution is 2.22. The number of aromatic carboxylic acids is 1. The van der Waals surface area contributed by atoms with Gasteiger partial charge in [0.15, 0.2) is 0 Å². The van der Waals surface area contributed by atoms with Crippen LogP contribution in [-0.2, 0) is 19.6 Å². The Morgan fingerprint density at radius 3 is 3.05 bits per heavy atom. The number of benzene rings is 1. The molecule has 0 bridgehead atoms. The number of aromatic nitrogens is 2. The highest BCUT2D eigenvalue weighted by molar-refractivity contribution is 5.91. The van der Waals surface area contributed by atoms with Gasteiger partial charge in [-0.25, -0.2) is 9.78 Å². The summed E-state index contributed by atoms with van der Waals surface area (Å²) >= 11 is 0. The molecule has 2 aromatic rings. The van der Waals surface area contributed by atoms with Crippen LogP contribution in [0.15, 0.2) is 30.6 Å². The molecular formula is C15H17N3O3. The average Bonchev–Trinajstić information content (AvgIpc) is 2.94. The largest absolute Gasteiger partial charge is 0.496 e. The third-order valence-corrected chi connectivity index (χ3v) is 3.72. The molecule has 0 saturated heterocycles. The van der Waals surface area contributed by atoms with Crippen LogP contribution in [0, 0.1) is 0 Å². The Balaban J connectivity index is 1.77. The van der Waals surface area contributed by atoms with Crippen molar-refractivity contribution >= 4 is 5.97 Å². The molecule has 6 nitrogen and oxygen atoms in total. The zero-order valence-electron chi connectivity index (χ0n) is 11.8. The van der Waals surface area contributed by atoms with Crippen molar-refractivity contribution in [2.75, 3.05) is 13.7 Å². The Hall–Kier alpha value is -2.34. The van der Waals surface area contributed by atoms with Gasteiger partial charge >= 0.3 is 5.97 Å². The second-order valence-corrected chi connectivity index (χ2v) is 5.09. The zero-order chi connectivity index (χ0) is 14.8. The van der Waals surface area contributed by atoms with E-state index in [-0.39, 0.29) is 5.56 Å². The number of rotatable bonds is 4. The summed E-state index contributed by atoms with van der Waals surface area (Å²) in [5.74, 6) is 0.469. The van der Waals surface area contributed by atoms with E-state index in [1.807, 2.05) is 18.5 Å². The van der Waals surface area contributed by atoms with E-state index in [4.69, 9.17) is 4.74 Å². The van der Waals surface area contributed by atoms with Gasteiger partial charge in [-0.1, -0.05) is 6.07 Å². The van der Waals surface area contributed by atoms with E-state index >= 15 is 0 Å². The number of hydrogen-bond donors (Lipinski definition) is 1. The van der Waals surface area contributed by atoms with E-state index in [2.05, 4.69) is 14.5 Å². The van der Waals surface area contributed by atoms with Gasteiger partial charge in [0.1, 0.15) is 17.1 Å². The third kappa shape index (κ3) is 2.75. The first-order chi connectivity index (χ1) is 10.2. The summed E-state index contributed by atoms with van der Waals surface area (Å²) in [6, 6.07) is 5.30. The minimum atomic E-state index is -0.970. The summed E-state index contributed by atoms with van der Waals surface area (Å²) in [5.41, 5.74) is 1.17. The third-order valence-electron chi connectivity index (χ3n) is 3.72. The summed E-state index contributed by atoms with van der Waals surface area (Å²) in [6.45, 7) is 3.33. The molecule has 0 atom stereocenters. The van der Waals surface area contributed by atoms with Crippen molar-refractivity contribution < 1.29 is 14.6 Å². The van der Waals surface area contributed by atoms with E-state index in [0.29, 0.717) is 12.3 Å². The molecular weight excluding hydrogens is 270 g/mol. The van der Waals surface area contributed by atoms with Crippen molar-refractivity contribution in [3.63, 3.8) is 0 Å². The van der Waals surface area contributed by atoms with Gasteiger partial charge in [0, 0.05) is 32.0 Å². The fourth-order valence-corrected chi connectivity index (χ4v) is 2.64. The van der Waals surface area contributed by atoms with Crippen LogP contribution in [0.2, 0.25) is 0 Å². The maximum Gasteiger partial charge on any atom is 0.339 e. The molecule has 0 saturated carbocycles. The van der Waals surface area contributed by atoms with Crippen molar-refractivity contribution in [2.45, 2.75) is 19.6 Å². The fourth-order valence-electron chi connectivity index (χ4n) is 2.64. The van der Waals surface area contributed by atoms with Crippen molar-refractivity contribution in [3.05, 3.63) is 47.5 Å². The highest BCUT2D eigenvalue weighted by atomic mass is 16.5. The summed E-state index contributed by atoms with van der Waals surface area (Å²) in [4.78, 5) is 17.8. The highest BCUT2D eigenvalue weighted by Gasteiger charge is 2.18. The van der Waals surface area contributed by atoms with Gasteiger partial charge in [-0.15, -0.1) is 0 Å². The van der Waals surface area contributed by atoms with Gasteiger partial charge in [0.25, 0.3) is 0 Å². The van der Waals surface area contributed by atoms with Gasteiger partial charge in [-0.2, -0.15) is 0 Å². The smallest absolute Gasteiger partial charge is 0.339 e. The second kappa shape index (κ2) is 5.57. The molecule has 3 rings (SSSR count). The molecule has 1 aliphatic rings. The predicted octanol–water partition coefficient (Wildman–Crippen LogP) is 1.61. The first-order valence-electron chi connectivity index (χ1n) is 6.80. The first-order valence-corrected chi connectivity index (χ1v) is 6.80. The van der Waals surface area contributed by atoms with Crippen LogP contribution in [0.3, 0.4) is 0 Å². The van der Waals surface area contributed by atoms with Crippen LogP contribution in [0.4, 0.5) is 0 Å². The topological polar surface area (TPSA) is 67.6 Å². The molecule has 0 radical (unpaired) electrons. The van der Waals surface area contributed by atoms with Crippen LogP contribution in [-0.4, -0.2) is 39.2 Å². The number of nitrogens with zero attached hydrogens (tertiary/aromatic N) is 3. The SMILES string of the molecule is COc1ccc(CN2CCn3ccnc3C2)cc1C(=O)O. The van der Waals surface area contributed by atoms with Gasteiger partial charge < -0.3 is 14.4 Å². The number of carbonyl (C=O) groups is 1. The predicted molar refractivity (Wildman–Crippen MR) is 76.3 cm³/mol. The quantitative estimate of drug-likeness (QED) is 0.925. The van der Waals surface area contributed by atoms with E-state index in [1.165, 1.54) is 7.11 Å². The minimum absolute atomic E-state index is 0.202. The summed E-state index contributed by atoms with van der Waals surface area (Å²) in [5, 5.41) is 9.22. The normalized spacial score (nSPS) is 14.7. The van der Waals surface area contributed by atoms with Gasteiger partial charge in [-0.3, -0.25) is 4.90 Å². The Bertz CT molecular complexity index is 666. The van der Waals surface area contributed by atoms with Gasteiger partial charge in [0.05, 0.1) is 13.7 Å². The van der Waals surface area contributed by atoms with Crippen LogP contribution in [0.1, 0.15) is 21.7 Å². The summed E-state index contributed by atoms with van der Waals surface area (Å²) in [6.07, 6.45) is 3.80. The molecule has 1 aromatic heterocycles. The molecule has 0 amide bonds. The molecule has 110 valence electrons. The molecule has 1 aliphatic heterocycles. The number of hydrogen-bond acceptors (Lipinski definition) is 4. The Labute approximate surface area is 122 Å². The van der Waals surface area contributed by atoms with Crippen molar-refractivity contribution in [1.82, 2.24) is 14.5 Å². The molecule has 1 aromatic carbocycles. The number of carboxylic acid groups (broad SMARTS) is 1. The van der Waals surface area contributed by atoms with Crippen LogP contribution in [0.25, 0.3) is 0 Å². The van der Waals surface area contributed by atoms with Crippen LogP contribution < -0.4 is 4.74 Å². The van der Waals surface area contributed by atoms with Crippen LogP contribution in [0.5, 0.6) is 5.75 Å². The van der Waals surface area contributed by atoms with E-state index in [0.717, 1.165) is 31.0 Å². The molecule has 0 fully saturated rings. The number of carboxylic acids is 1. The maximum atomic E-state index is 11.2. The number of methoxy groups -OCH3 is 1. The van der Waals surface area contributed by atoms with Crippen molar-refractivity contribution in [3.8, 4) is 5.75 Å². The Morgan fingerprint density at radius 1 is 1.43 bits per heavy atom. The van der Waals surface area contributed by atoms with Crippen molar-refractivity contribution in [1.29, 1.82) is 0 Å². The lowest BCUT2D eigenvalue weighted by atomic mass is 10.1. The Morgan fingerprint density at radius 2 is 2.29 bits per heavy atom. The number of ether oxygens (including phenoxy) is 1. The lowest BCUT2D eigenvalue weighted by Crippen LogP contribution is -2.33. The first kappa shape index (κ1) is 13.6. The van der Waals surface area contributed by atoms with E-state index in [1.54, 1.807) is 12.1 Å². The molecule has 21 heavy (non-hydrogen) atoms. The molecule has 1 N–H and O–H groups in total. The van der Waals surface area contributed by atoms with Crippen molar-refractivity contribution in [2.24, 2.45) is 0 Å². The lowest BCUT2D eigenvalue weighted by Gasteiger charge is -2.27. The number of fused-ring (bicyclic) bond motifs is 1. The molecule has 0 aliphatic carbocycles. The molecule has 2 heterocycles. The average molecular weight is 287 g/mol. The minimum Gasteiger partial charge on any atom is -0.496 e. The summed E-state index contributed by atoms with van der Waals surface area (Å²) < 4.78 is 7.23. The van der Waals surface area contributed by atoms with Crippen LogP contribution >= 0.6 is 0 Å². The maximum absolute atomic E-state index is 11.2. The zero-order valence-corrected chi connectivity index (χ0v) is 11.8. The monoisotopic (exact) mass is 287 g/mol. The molecule has 6 heteroatoms. The lowest BCUT2D eigenvalue weighted by molar-refractivity contribution is 0.0693. The second-order valence-electron chi connectivity index (χ2n) is 5.09. The van der Waals surface area contributed by atoms with Gasteiger partial charge in [-0.05, 0) is 17.7 Å². The fraction of sp³-hybridized carbons (Fsp3) is 0.333. The van der Waals surface area contributed by atoms with E-state index in [9.17, 15) is 9.90 Å². The van der Waals surface area contributed by atoms with Gasteiger partial charge in [0.2, 0.25) is 0 Å². The standard InChI is InChI=1S/C15H17N3O3/c1-21-13-3-2-11(8-12(13)15(19)20)9-17-6-7-18-5-4-16-14(18)10-17/h2-5,8H,6-7,9-10H2,1H3,(H,19,20). The Kier molecular flexibility index (Phi) is 3.62. The molecule has 0 spiro atoms. The number of imidazole rings is 1. The molecule has 0 unspecified atom stereocenters.